The second-order valence-electron chi connectivity index (χ2n) is 3.95. The number of nitrogens with zero attached hydrogens (tertiary/aromatic N) is 4. The van der Waals surface area contributed by atoms with Gasteiger partial charge in [0.05, 0.1) is 16.9 Å². The molecule has 0 aliphatic rings. The lowest BCUT2D eigenvalue weighted by atomic mass is 10.2. The van der Waals surface area contributed by atoms with Crippen molar-refractivity contribution in [1.82, 2.24) is 30.3 Å². The van der Waals surface area contributed by atoms with Gasteiger partial charge in [-0.15, -0.1) is 0 Å². The van der Waals surface area contributed by atoms with E-state index in [0.29, 0.717) is 5.02 Å². The van der Waals surface area contributed by atoms with Crippen LogP contribution in [0.2, 0.25) is 5.02 Å². The van der Waals surface area contributed by atoms with Crippen molar-refractivity contribution in [2.24, 2.45) is 0 Å². The fourth-order valence-corrected chi connectivity index (χ4v) is 2.13. The third kappa shape index (κ3) is 2.54. The van der Waals surface area contributed by atoms with Crippen LogP contribution in [0.25, 0.3) is 0 Å². The molecule has 2 N–H and O–H groups in total. The highest BCUT2D eigenvalue weighted by molar-refractivity contribution is 6.31. The number of rotatable bonds is 6. The lowest BCUT2D eigenvalue weighted by molar-refractivity contribution is 0.514. The molecule has 0 amide bonds. The Kier molecular flexibility index (Phi) is 4.33. The molecule has 2 heterocycles. The molecule has 0 fully saturated rings. The molecule has 7 heteroatoms. The van der Waals surface area contributed by atoms with Crippen LogP contribution < -0.4 is 5.32 Å². The van der Waals surface area contributed by atoms with E-state index in [9.17, 15) is 0 Å². The molecule has 98 valence electrons. The Bertz CT molecular complexity index is 478. The smallest absolute Gasteiger partial charge is 0.147 e. The topological polar surface area (TPSA) is 71.4 Å². The summed E-state index contributed by atoms with van der Waals surface area (Å²) in [6, 6.07) is -0.109. The monoisotopic (exact) mass is 268 g/mol. The molecule has 0 bridgehead atoms. The van der Waals surface area contributed by atoms with Crippen molar-refractivity contribution in [2.45, 2.75) is 32.9 Å². The van der Waals surface area contributed by atoms with Crippen LogP contribution in [-0.2, 0) is 6.54 Å². The minimum atomic E-state index is -0.109. The molecule has 1 unspecified atom stereocenters. The van der Waals surface area contributed by atoms with E-state index in [1.807, 2.05) is 11.6 Å². The molecule has 0 aliphatic heterocycles. The SMILES string of the molecule is CCCNC(c1ncn[nH]1)c1c(Cl)cnn1CC. The first kappa shape index (κ1) is 13.0. The number of aromatic nitrogens is 5. The molecule has 0 radical (unpaired) electrons. The number of hydrogen-bond acceptors (Lipinski definition) is 4. The van der Waals surface area contributed by atoms with E-state index in [1.54, 1.807) is 6.20 Å². The van der Waals surface area contributed by atoms with Crippen LogP contribution in [0.3, 0.4) is 0 Å². The lowest BCUT2D eigenvalue weighted by Gasteiger charge is -2.17. The summed E-state index contributed by atoms with van der Waals surface area (Å²) in [4.78, 5) is 4.21. The highest BCUT2D eigenvalue weighted by Gasteiger charge is 2.23. The summed E-state index contributed by atoms with van der Waals surface area (Å²) in [5.74, 6) is 0.751. The van der Waals surface area contributed by atoms with Crippen LogP contribution in [0.1, 0.15) is 37.8 Å². The van der Waals surface area contributed by atoms with E-state index in [1.165, 1.54) is 6.33 Å². The molecule has 0 saturated carbocycles. The maximum absolute atomic E-state index is 6.23. The van der Waals surface area contributed by atoms with Crippen LogP contribution in [0.15, 0.2) is 12.5 Å². The van der Waals surface area contributed by atoms with Gasteiger partial charge in [-0.25, -0.2) is 4.98 Å². The summed E-state index contributed by atoms with van der Waals surface area (Å²) < 4.78 is 1.87. The number of nitrogens with one attached hydrogen (secondary N) is 2. The van der Waals surface area contributed by atoms with Gasteiger partial charge in [-0.3, -0.25) is 9.78 Å². The largest absolute Gasteiger partial charge is 0.302 e. The number of aryl methyl sites for hydroxylation is 1. The zero-order chi connectivity index (χ0) is 13.0. The van der Waals surface area contributed by atoms with Gasteiger partial charge in [0, 0.05) is 6.54 Å². The summed E-state index contributed by atoms with van der Waals surface area (Å²) in [7, 11) is 0. The van der Waals surface area contributed by atoms with Crippen LogP contribution in [0.5, 0.6) is 0 Å². The van der Waals surface area contributed by atoms with E-state index >= 15 is 0 Å². The number of hydrogen-bond donors (Lipinski definition) is 2. The van der Waals surface area contributed by atoms with Gasteiger partial charge >= 0.3 is 0 Å². The van der Waals surface area contributed by atoms with E-state index in [0.717, 1.165) is 31.0 Å². The van der Waals surface area contributed by atoms with Crippen LogP contribution in [0.4, 0.5) is 0 Å². The molecule has 2 aromatic heterocycles. The maximum atomic E-state index is 6.23. The van der Waals surface area contributed by atoms with Gasteiger partial charge in [0.1, 0.15) is 18.2 Å². The average molecular weight is 269 g/mol. The Hall–Kier alpha value is -1.40. The van der Waals surface area contributed by atoms with Crippen molar-refractivity contribution in [3.05, 3.63) is 29.1 Å². The Balaban J connectivity index is 2.36. The van der Waals surface area contributed by atoms with E-state index in [-0.39, 0.29) is 6.04 Å². The van der Waals surface area contributed by atoms with Crippen LogP contribution >= 0.6 is 11.6 Å². The Labute approximate surface area is 111 Å². The molecule has 18 heavy (non-hydrogen) atoms. The zero-order valence-electron chi connectivity index (χ0n) is 10.5. The predicted molar refractivity (Wildman–Crippen MR) is 69.4 cm³/mol. The Morgan fingerprint density at radius 2 is 2.33 bits per heavy atom. The first-order valence-electron chi connectivity index (χ1n) is 6.07. The molecule has 2 aromatic rings. The van der Waals surface area contributed by atoms with Crippen molar-refractivity contribution >= 4 is 11.6 Å². The molecular weight excluding hydrogens is 252 g/mol. The summed E-state index contributed by atoms with van der Waals surface area (Å²) in [5.41, 5.74) is 0.921. The third-order valence-corrected chi connectivity index (χ3v) is 3.00. The number of halogens is 1. The molecule has 0 aliphatic carbocycles. The van der Waals surface area contributed by atoms with E-state index < -0.39 is 0 Å². The fourth-order valence-electron chi connectivity index (χ4n) is 1.88. The van der Waals surface area contributed by atoms with Gasteiger partial charge in [-0.05, 0) is 19.9 Å². The van der Waals surface area contributed by atoms with Gasteiger partial charge < -0.3 is 5.32 Å². The summed E-state index contributed by atoms with van der Waals surface area (Å²) >= 11 is 6.23. The van der Waals surface area contributed by atoms with Crippen LogP contribution in [0, 0.1) is 0 Å². The third-order valence-electron chi connectivity index (χ3n) is 2.71. The normalized spacial score (nSPS) is 12.8. The summed E-state index contributed by atoms with van der Waals surface area (Å²) in [5, 5.41) is 15.1. The molecule has 1 atom stereocenters. The van der Waals surface area contributed by atoms with Crippen molar-refractivity contribution in [3.63, 3.8) is 0 Å². The van der Waals surface area contributed by atoms with Crippen molar-refractivity contribution in [3.8, 4) is 0 Å². The van der Waals surface area contributed by atoms with Crippen molar-refractivity contribution in [1.29, 1.82) is 0 Å². The first-order valence-corrected chi connectivity index (χ1v) is 6.45. The van der Waals surface area contributed by atoms with Crippen molar-refractivity contribution < 1.29 is 0 Å². The Morgan fingerprint density at radius 1 is 1.50 bits per heavy atom. The van der Waals surface area contributed by atoms with Gasteiger partial charge in [0.25, 0.3) is 0 Å². The standard InChI is InChI=1S/C11H17ClN6/c1-3-5-13-9(11-14-7-15-17-11)10-8(12)6-16-18(10)4-2/h6-7,9,13H,3-5H2,1-2H3,(H,14,15,17). The van der Waals surface area contributed by atoms with E-state index in [2.05, 4.69) is 32.5 Å². The highest BCUT2D eigenvalue weighted by atomic mass is 35.5. The molecule has 0 spiro atoms. The molecule has 0 saturated heterocycles. The van der Waals surface area contributed by atoms with Gasteiger partial charge in [0.2, 0.25) is 0 Å². The van der Waals surface area contributed by atoms with Gasteiger partial charge in [-0.1, -0.05) is 18.5 Å². The van der Waals surface area contributed by atoms with Crippen LogP contribution in [-0.4, -0.2) is 31.5 Å². The maximum Gasteiger partial charge on any atom is 0.147 e. The van der Waals surface area contributed by atoms with Crippen molar-refractivity contribution in [2.75, 3.05) is 6.54 Å². The average Bonchev–Trinajstić information content (AvgIpc) is 3.01. The minimum Gasteiger partial charge on any atom is -0.302 e. The van der Waals surface area contributed by atoms with Gasteiger partial charge in [0.15, 0.2) is 0 Å². The number of H-pyrrole nitrogens is 1. The zero-order valence-corrected chi connectivity index (χ0v) is 11.3. The Morgan fingerprint density at radius 3 is 2.94 bits per heavy atom. The minimum absolute atomic E-state index is 0.109. The fraction of sp³-hybridized carbons (Fsp3) is 0.545. The van der Waals surface area contributed by atoms with Gasteiger partial charge in [-0.2, -0.15) is 10.2 Å². The molecule has 0 aromatic carbocycles. The molecule has 2 rings (SSSR count). The number of aromatic amines is 1. The molecule has 6 nitrogen and oxygen atoms in total. The predicted octanol–water partition coefficient (Wildman–Crippen LogP) is 1.76. The molecular formula is C11H17ClN6. The lowest BCUT2D eigenvalue weighted by Crippen LogP contribution is -2.27. The second-order valence-corrected chi connectivity index (χ2v) is 4.36. The first-order chi connectivity index (χ1) is 8.77. The summed E-state index contributed by atoms with van der Waals surface area (Å²) in [6.07, 6.45) is 4.19. The second kappa shape index (κ2) is 5.97. The summed E-state index contributed by atoms with van der Waals surface area (Å²) in [6.45, 7) is 5.78. The quantitative estimate of drug-likeness (QED) is 0.838. The van der Waals surface area contributed by atoms with E-state index in [4.69, 9.17) is 11.6 Å². The highest BCUT2D eigenvalue weighted by Crippen LogP contribution is 2.26.